The van der Waals surface area contributed by atoms with Crippen LogP contribution in [-0.4, -0.2) is 5.48 Å². The Hall–Kier alpha value is -1.25. The van der Waals surface area contributed by atoms with Crippen molar-refractivity contribution in [3.63, 3.8) is 0 Å². The van der Waals surface area contributed by atoms with Gasteiger partial charge in [-0.3, -0.25) is 0 Å². The van der Waals surface area contributed by atoms with Gasteiger partial charge in [0.15, 0.2) is 0 Å². The van der Waals surface area contributed by atoms with Crippen LogP contribution in [0, 0.1) is 13.8 Å². The molecule has 0 amide bonds. The average Bonchev–Trinajstić information content (AvgIpc) is 2.32. The lowest BCUT2D eigenvalue weighted by molar-refractivity contribution is 0.824. The summed E-state index contributed by atoms with van der Waals surface area (Å²) in [6.45, 7) is 4.32. The zero-order chi connectivity index (χ0) is 11.4. The molecule has 2 aromatic rings. The second kappa shape index (κ2) is 6.48. The van der Waals surface area contributed by atoms with Gasteiger partial charge >= 0.3 is 0 Å². The Kier molecular flexibility index (Phi) is 5.26. The number of rotatable bonds is 3. The van der Waals surface area contributed by atoms with Crippen LogP contribution in [0.25, 0.3) is 0 Å². The van der Waals surface area contributed by atoms with Crippen LogP contribution >= 0.6 is 11.8 Å². The molecule has 2 heteroatoms. The Bertz CT molecular complexity index is 466. The summed E-state index contributed by atoms with van der Waals surface area (Å²) in [5.74, 6) is 1.05. The third kappa shape index (κ3) is 3.91. The molecule has 0 unspecified atom stereocenters. The van der Waals surface area contributed by atoms with Crippen molar-refractivity contribution in [2.75, 3.05) is 0 Å². The summed E-state index contributed by atoms with van der Waals surface area (Å²) < 4.78 is 0. The molecule has 0 radical (unpaired) electrons. The molecular weight excluding hydrogens is 228 g/mol. The molecule has 0 spiro atoms. The number of hydrogen-bond donors (Lipinski definition) is 0. The van der Waals surface area contributed by atoms with E-state index in [9.17, 15) is 0 Å². The first-order valence-electron chi connectivity index (χ1n) is 5.50. The van der Waals surface area contributed by atoms with Crippen LogP contribution < -0.4 is 0 Å². The Morgan fingerprint density at radius 2 is 1.65 bits per heavy atom. The molecule has 2 N–H and O–H groups in total. The lowest BCUT2D eigenvalue weighted by atomic mass is 10.2. The smallest absolute Gasteiger partial charge is 0.0232 e. The molecule has 0 aliphatic rings. The molecule has 0 saturated carbocycles. The predicted octanol–water partition coefficient (Wildman–Crippen LogP) is 3.77. The summed E-state index contributed by atoms with van der Waals surface area (Å²) in [4.78, 5) is 1.39. The highest BCUT2D eigenvalue weighted by Crippen LogP contribution is 2.26. The fourth-order valence-corrected chi connectivity index (χ4v) is 2.68. The Morgan fingerprint density at radius 1 is 0.941 bits per heavy atom. The van der Waals surface area contributed by atoms with Gasteiger partial charge in [0.2, 0.25) is 0 Å². The van der Waals surface area contributed by atoms with Gasteiger partial charge in [-0.15, -0.1) is 11.8 Å². The Balaban J connectivity index is 0.00000144. The molecule has 0 bridgehead atoms. The molecule has 2 rings (SSSR count). The second-order valence-electron chi connectivity index (χ2n) is 4.04. The number of thioether (sulfide) groups is 1. The van der Waals surface area contributed by atoms with Crippen LogP contribution in [0.15, 0.2) is 53.4 Å². The van der Waals surface area contributed by atoms with Gasteiger partial charge < -0.3 is 5.48 Å². The van der Waals surface area contributed by atoms with Crippen molar-refractivity contribution in [3.8, 4) is 0 Å². The largest absolute Gasteiger partial charge is 0.412 e. The zero-order valence-corrected chi connectivity index (χ0v) is 11.1. The van der Waals surface area contributed by atoms with Gasteiger partial charge in [0.05, 0.1) is 0 Å². The molecule has 0 heterocycles. The monoisotopic (exact) mass is 246 g/mol. The minimum Gasteiger partial charge on any atom is -0.412 e. The maximum absolute atomic E-state index is 2.27. The molecule has 17 heavy (non-hydrogen) atoms. The zero-order valence-electron chi connectivity index (χ0n) is 10.2. The van der Waals surface area contributed by atoms with E-state index in [1.165, 1.54) is 21.6 Å². The van der Waals surface area contributed by atoms with Crippen molar-refractivity contribution in [2.45, 2.75) is 24.5 Å². The molecule has 0 fully saturated rings. The van der Waals surface area contributed by atoms with Crippen LogP contribution in [0.2, 0.25) is 0 Å². The molecule has 1 nitrogen and oxygen atoms in total. The van der Waals surface area contributed by atoms with Gasteiger partial charge in [0, 0.05) is 10.6 Å². The number of aryl methyl sites for hydroxylation is 2. The maximum Gasteiger partial charge on any atom is 0.0232 e. The quantitative estimate of drug-likeness (QED) is 0.758. The SMILES string of the molecule is Cc1ccc(C)c(SCc2ccccc2)c1.O. The van der Waals surface area contributed by atoms with E-state index < -0.39 is 0 Å². The van der Waals surface area contributed by atoms with Crippen molar-refractivity contribution in [2.24, 2.45) is 0 Å². The van der Waals surface area contributed by atoms with E-state index in [0.29, 0.717) is 0 Å². The summed E-state index contributed by atoms with van der Waals surface area (Å²) >= 11 is 1.91. The minimum atomic E-state index is 0. The average molecular weight is 246 g/mol. The van der Waals surface area contributed by atoms with Crippen LogP contribution in [0.3, 0.4) is 0 Å². The molecule has 0 aliphatic carbocycles. The van der Waals surface area contributed by atoms with Gasteiger partial charge in [-0.05, 0) is 31.0 Å². The highest BCUT2D eigenvalue weighted by Gasteiger charge is 2.00. The predicted molar refractivity (Wildman–Crippen MR) is 75.5 cm³/mol. The van der Waals surface area contributed by atoms with Crippen LogP contribution in [0.5, 0.6) is 0 Å². The molecule has 90 valence electrons. The van der Waals surface area contributed by atoms with Crippen LogP contribution in [-0.2, 0) is 5.75 Å². The summed E-state index contributed by atoms with van der Waals surface area (Å²) in [5, 5.41) is 0. The highest BCUT2D eigenvalue weighted by atomic mass is 32.2. The van der Waals surface area contributed by atoms with E-state index in [2.05, 4.69) is 62.4 Å². The minimum absolute atomic E-state index is 0. The summed E-state index contributed by atoms with van der Waals surface area (Å²) in [7, 11) is 0. The van der Waals surface area contributed by atoms with Gasteiger partial charge in [0.1, 0.15) is 0 Å². The van der Waals surface area contributed by atoms with Crippen LogP contribution in [0.4, 0.5) is 0 Å². The molecular formula is C15H18OS. The van der Waals surface area contributed by atoms with Gasteiger partial charge in [-0.25, -0.2) is 0 Å². The third-order valence-corrected chi connectivity index (χ3v) is 3.81. The first kappa shape index (κ1) is 13.8. The fourth-order valence-electron chi connectivity index (χ4n) is 1.60. The topological polar surface area (TPSA) is 31.5 Å². The van der Waals surface area contributed by atoms with Gasteiger partial charge in [-0.1, -0.05) is 48.0 Å². The summed E-state index contributed by atoms with van der Waals surface area (Å²) in [6, 6.07) is 17.2. The van der Waals surface area contributed by atoms with Crippen molar-refractivity contribution < 1.29 is 5.48 Å². The van der Waals surface area contributed by atoms with E-state index in [1.54, 1.807) is 0 Å². The lowest BCUT2D eigenvalue weighted by Gasteiger charge is -2.06. The van der Waals surface area contributed by atoms with E-state index in [0.717, 1.165) is 5.75 Å². The van der Waals surface area contributed by atoms with Crippen molar-refractivity contribution >= 4 is 11.8 Å². The van der Waals surface area contributed by atoms with E-state index in [-0.39, 0.29) is 5.48 Å². The molecule has 0 saturated heterocycles. The van der Waals surface area contributed by atoms with Crippen molar-refractivity contribution in [1.82, 2.24) is 0 Å². The fraction of sp³-hybridized carbons (Fsp3) is 0.200. The van der Waals surface area contributed by atoms with Crippen LogP contribution in [0.1, 0.15) is 16.7 Å². The van der Waals surface area contributed by atoms with E-state index >= 15 is 0 Å². The second-order valence-corrected chi connectivity index (χ2v) is 5.06. The summed E-state index contributed by atoms with van der Waals surface area (Å²) in [5.41, 5.74) is 4.08. The maximum atomic E-state index is 2.27. The normalized spacial score (nSPS) is 9.76. The molecule has 0 aromatic heterocycles. The molecule has 0 aliphatic heterocycles. The Labute approximate surface area is 107 Å². The number of hydrogen-bond acceptors (Lipinski definition) is 1. The van der Waals surface area contributed by atoms with E-state index in [1.807, 2.05) is 11.8 Å². The van der Waals surface area contributed by atoms with E-state index in [4.69, 9.17) is 0 Å². The standard InChI is InChI=1S/C15H16S.H2O/c1-12-8-9-13(2)15(10-12)16-11-14-6-4-3-5-7-14;/h3-10H,11H2,1-2H3;1H2. The third-order valence-electron chi connectivity index (χ3n) is 2.58. The molecule has 2 aromatic carbocycles. The first-order valence-corrected chi connectivity index (χ1v) is 6.48. The van der Waals surface area contributed by atoms with Gasteiger partial charge in [0.25, 0.3) is 0 Å². The van der Waals surface area contributed by atoms with Crippen molar-refractivity contribution in [3.05, 3.63) is 65.2 Å². The summed E-state index contributed by atoms with van der Waals surface area (Å²) in [6.07, 6.45) is 0. The van der Waals surface area contributed by atoms with Crippen molar-refractivity contribution in [1.29, 1.82) is 0 Å². The Morgan fingerprint density at radius 3 is 2.35 bits per heavy atom. The highest BCUT2D eigenvalue weighted by molar-refractivity contribution is 7.98. The van der Waals surface area contributed by atoms with Gasteiger partial charge in [-0.2, -0.15) is 0 Å². The first-order chi connectivity index (χ1) is 7.75. The number of benzene rings is 2. The molecule has 0 atom stereocenters. The lowest BCUT2D eigenvalue weighted by Crippen LogP contribution is -1.84.